The van der Waals surface area contributed by atoms with Crippen molar-refractivity contribution in [2.24, 2.45) is 0 Å². The summed E-state index contributed by atoms with van der Waals surface area (Å²) in [5.74, 6) is 0. The van der Waals surface area contributed by atoms with E-state index in [2.05, 4.69) is 4.98 Å². The van der Waals surface area contributed by atoms with Crippen LogP contribution in [0.2, 0.25) is 0 Å². The van der Waals surface area contributed by atoms with Crippen molar-refractivity contribution in [3.05, 3.63) is 0 Å². The monoisotopic (exact) mass is 118 g/mol. The smallest absolute Gasteiger partial charge is 0.308 e. The molecule has 2 amide bonds. The van der Waals surface area contributed by atoms with Crippen LogP contribution in [0.25, 0.3) is 0 Å². The van der Waals surface area contributed by atoms with Gasteiger partial charge in [0.05, 0.1) is 0 Å². The van der Waals surface area contributed by atoms with Crippen LogP contribution in [0.5, 0.6) is 0 Å². The minimum Gasteiger partial charge on any atom is -0.373 e. The number of amides is 2. The summed E-state index contributed by atoms with van der Waals surface area (Å²) in [6.45, 7) is 0. The third-order valence-electron chi connectivity index (χ3n) is 0.620. The van der Waals surface area contributed by atoms with Crippen LogP contribution in [-0.4, -0.2) is 35.4 Å². The highest BCUT2D eigenvalue weighted by Gasteiger charge is 1.93. The van der Waals surface area contributed by atoms with Crippen molar-refractivity contribution < 1.29 is 4.79 Å². The van der Waals surface area contributed by atoms with Crippen molar-refractivity contribution in [1.29, 1.82) is 0 Å². The van der Waals surface area contributed by atoms with Crippen LogP contribution in [0, 0.1) is 0 Å². The molecule has 0 bridgehead atoms. The predicted octanol–water partition coefficient (Wildman–Crippen LogP) is -1.46. The molecule has 0 spiro atoms. The van der Waals surface area contributed by atoms with E-state index >= 15 is 0 Å². The summed E-state index contributed by atoms with van der Waals surface area (Å²) in [6, 6.07) is -0.00772. The Balaban J connectivity index is 3.35. The zero-order chi connectivity index (χ0) is 5.86. The lowest BCUT2D eigenvalue weighted by molar-refractivity contribution is 0.223. The van der Waals surface area contributed by atoms with E-state index in [1.807, 2.05) is 0 Å². The highest BCUT2D eigenvalue weighted by molar-refractivity contribution is 6.13. The van der Waals surface area contributed by atoms with Gasteiger partial charge in [0.25, 0.3) is 0 Å². The minimum atomic E-state index is -0.00772. The molecule has 0 rings (SSSR count). The van der Waals surface area contributed by atoms with E-state index in [-0.39, 0.29) is 6.03 Å². The Morgan fingerprint density at radius 2 is 2.14 bits per heavy atom. The normalized spacial score (nSPS) is 8.29. The van der Waals surface area contributed by atoms with Gasteiger partial charge >= 0.3 is 6.03 Å². The molecule has 0 saturated heterocycles. The number of urea groups is 1. The molecule has 0 aliphatic rings. The number of hydrogen-bond acceptors (Lipinski definition) is 1. The molecular weight excluding hydrogens is 108 g/mol. The highest BCUT2D eigenvalue weighted by atomic mass is 28.2. The van der Waals surface area contributed by atoms with Gasteiger partial charge in [0, 0.05) is 14.1 Å². The van der Waals surface area contributed by atoms with E-state index < -0.39 is 0 Å². The van der Waals surface area contributed by atoms with E-state index in [1.54, 1.807) is 14.1 Å². The molecule has 0 radical (unpaired) electrons. The van der Waals surface area contributed by atoms with Crippen LogP contribution in [0.1, 0.15) is 0 Å². The number of rotatable bonds is 0. The first kappa shape index (κ1) is 6.49. The molecule has 0 atom stereocenters. The lowest BCUT2D eigenvalue weighted by Crippen LogP contribution is -2.32. The summed E-state index contributed by atoms with van der Waals surface area (Å²) in [7, 11) is 4.16. The van der Waals surface area contributed by atoms with Gasteiger partial charge in [-0.2, -0.15) is 0 Å². The zero-order valence-electron chi connectivity index (χ0n) is 4.86. The highest BCUT2D eigenvalue weighted by Crippen LogP contribution is 1.70. The molecule has 0 aromatic carbocycles. The standard InChI is InChI=1S/C3H10N2OSi/c1-5(2)3(6)4-7/h1-2,7H3,(H,4,6). The third kappa shape index (κ3) is 2.22. The molecule has 42 valence electrons. The third-order valence-corrected chi connectivity index (χ3v) is 1.05. The molecule has 1 N–H and O–H groups in total. The Morgan fingerprint density at radius 3 is 2.14 bits per heavy atom. The summed E-state index contributed by atoms with van der Waals surface area (Å²) >= 11 is 0. The largest absolute Gasteiger partial charge is 0.373 e. The number of nitrogens with zero attached hydrogens (tertiary/aromatic N) is 1. The van der Waals surface area contributed by atoms with Gasteiger partial charge in [0.2, 0.25) is 0 Å². The summed E-state index contributed by atoms with van der Waals surface area (Å²) in [5, 5.41) is 0. The quantitative estimate of drug-likeness (QED) is 0.387. The Hall–Kier alpha value is -0.513. The van der Waals surface area contributed by atoms with Gasteiger partial charge in [-0.05, 0) is 0 Å². The van der Waals surface area contributed by atoms with Crippen LogP contribution in [0.4, 0.5) is 4.79 Å². The van der Waals surface area contributed by atoms with E-state index in [9.17, 15) is 4.79 Å². The van der Waals surface area contributed by atoms with Crippen LogP contribution in [0.3, 0.4) is 0 Å². The number of nitrogens with one attached hydrogen (secondary N) is 1. The molecular formula is C3H10N2OSi. The van der Waals surface area contributed by atoms with Gasteiger partial charge in [0.1, 0.15) is 10.4 Å². The summed E-state index contributed by atoms with van der Waals surface area (Å²) in [4.78, 5) is 14.5. The molecule has 0 fully saturated rings. The number of carbonyl (C=O) groups excluding carboxylic acids is 1. The van der Waals surface area contributed by atoms with Gasteiger partial charge in [-0.3, -0.25) is 0 Å². The maximum absolute atomic E-state index is 10.4. The van der Waals surface area contributed by atoms with Gasteiger partial charge in [-0.1, -0.05) is 0 Å². The predicted molar refractivity (Wildman–Crippen MR) is 32.2 cm³/mol. The van der Waals surface area contributed by atoms with Crippen molar-refractivity contribution >= 4 is 16.4 Å². The molecule has 3 nitrogen and oxygen atoms in total. The average molecular weight is 118 g/mol. The van der Waals surface area contributed by atoms with Crippen molar-refractivity contribution in [2.75, 3.05) is 14.1 Å². The molecule has 0 aromatic rings. The molecule has 0 unspecified atom stereocenters. The fourth-order valence-corrected chi connectivity index (χ4v) is 0.671. The molecule has 0 saturated carbocycles. The fraction of sp³-hybridized carbons (Fsp3) is 0.667. The van der Waals surface area contributed by atoms with Crippen molar-refractivity contribution in [2.45, 2.75) is 0 Å². The first-order valence-electron chi connectivity index (χ1n) is 2.07. The Bertz CT molecular complexity index is 73.3. The number of hydrogen-bond donors (Lipinski definition) is 1. The topological polar surface area (TPSA) is 32.3 Å². The van der Waals surface area contributed by atoms with E-state index in [0.29, 0.717) is 0 Å². The lowest BCUT2D eigenvalue weighted by Gasteiger charge is -2.07. The Kier molecular flexibility index (Phi) is 2.43. The lowest BCUT2D eigenvalue weighted by atomic mass is 10.9. The maximum Gasteiger partial charge on any atom is 0.308 e. The fourth-order valence-electron chi connectivity index (χ4n) is 0.224. The second-order valence-corrected chi connectivity index (χ2v) is 1.95. The zero-order valence-corrected chi connectivity index (χ0v) is 6.86. The molecule has 0 heterocycles. The van der Waals surface area contributed by atoms with Crippen LogP contribution < -0.4 is 4.98 Å². The molecule has 7 heavy (non-hydrogen) atoms. The first-order valence-corrected chi connectivity index (χ1v) is 3.07. The van der Waals surface area contributed by atoms with E-state index in [1.165, 1.54) is 4.90 Å². The summed E-state index contributed by atoms with van der Waals surface area (Å²) in [6.07, 6.45) is 0. The Labute approximate surface area is 46.2 Å². The molecule has 4 heteroatoms. The Morgan fingerprint density at radius 1 is 1.71 bits per heavy atom. The first-order chi connectivity index (χ1) is 3.18. The van der Waals surface area contributed by atoms with E-state index in [4.69, 9.17) is 0 Å². The maximum atomic E-state index is 10.4. The number of carbonyl (C=O) groups is 1. The van der Waals surface area contributed by atoms with Gasteiger partial charge in [-0.25, -0.2) is 4.79 Å². The van der Waals surface area contributed by atoms with Crippen LogP contribution in [-0.2, 0) is 0 Å². The van der Waals surface area contributed by atoms with Crippen molar-refractivity contribution in [3.8, 4) is 0 Å². The molecule has 0 aliphatic heterocycles. The molecule has 0 aliphatic carbocycles. The average Bonchev–Trinajstić information content (AvgIpc) is 1.65. The minimum absolute atomic E-state index is 0.00772. The second kappa shape index (κ2) is 2.63. The second-order valence-electron chi connectivity index (χ2n) is 1.45. The van der Waals surface area contributed by atoms with Crippen LogP contribution in [0.15, 0.2) is 0 Å². The SMILES string of the molecule is CN(C)C(=O)N[SiH3]. The molecule has 0 aromatic heterocycles. The summed E-state index contributed by atoms with van der Waals surface area (Å²) < 4.78 is 0. The van der Waals surface area contributed by atoms with Gasteiger partial charge in [0.15, 0.2) is 0 Å². The van der Waals surface area contributed by atoms with Gasteiger partial charge < -0.3 is 9.88 Å². The van der Waals surface area contributed by atoms with E-state index in [0.717, 1.165) is 10.4 Å². The van der Waals surface area contributed by atoms with Crippen LogP contribution >= 0.6 is 0 Å². The van der Waals surface area contributed by atoms with Gasteiger partial charge in [-0.15, -0.1) is 0 Å². The summed E-state index contributed by atoms with van der Waals surface area (Å²) in [5.41, 5.74) is 0. The van der Waals surface area contributed by atoms with Crippen molar-refractivity contribution in [3.63, 3.8) is 0 Å². The van der Waals surface area contributed by atoms with Crippen molar-refractivity contribution in [1.82, 2.24) is 9.88 Å².